The summed E-state index contributed by atoms with van der Waals surface area (Å²) in [6.07, 6.45) is 1.04. The van der Waals surface area contributed by atoms with E-state index in [1.165, 1.54) is 11.1 Å². The number of aryl methyl sites for hydroxylation is 3. The molecule has 2 rings (SSSR count). The molecule has 1 atom stereocenters. The van der Waals surface area contributed by atoms with Crippen molar-refractivity contribution in [3.05, 3.63) is 64.2 Å². The van der Waals surface area contributed by atoms with E-state index in [1.807, 2.05) is 13.0 Å². The molecule has 0 heterocycles. The predicted octanol–water partition coefficient (Wildman–Crippen LogP) is 4.10. The molecule has 0 aliphatic carbocycles. The van der Waals surface area contributed by atoms with Crippen LogP contribution in [0, 0.1) is 13.8 Å². The molecule has 0 aromatic heterocycles. The number of hydrogen-bond acceptors (Lipinski definition) is 2. The highest BCUT2D eigenvalue weighted by atomic mass is 16.5. The Kier molecular flexibility index (Phi) is 4.38. The number of ether oxygens (including phenoxy) is 1. The van der Waals surface area contributed by atoms with Crippen LogP contribution in [0.25, 0.3) is 0 Å². The maximum absolute atomic E-state index is 6.70. The van der Waals surface area contributed by atoms with Crippen LogP contribution in [0.3, 0.4) is 0 Å². The zero-order valence-electron chi connectivity index (χ0n) is 13.7. The largest absolute Gasteiger partial charge is 0.496 e. The van der Waals surface area contributed by atoms with E-state index in [9.17, 15) is 0 Å². The Balaban J connectivity index is 2.57. The lowest BCUT2D eigenvalue weighted by molar-refractivity contribution is 0.397. The molecular weight excluding hydrogens is 258 g/mol. The number of nitrogens with two attached hydrogens (primary N) is 1. The SMILES string of the molecule is CCc1ccc(C(C)(N)c2c(C)cc(C)cc2OC)cc1. The van der Waals surface area contributed by atoms with Gasteiger partial charge in [0.25, 0.3) is 0 Å². The van der Waals surface area contributed by atoms with E-state index in [0.29, 0.717) is 0 Å². The van der Waals surface area contributed by atoms with Crippen molar-refractivity contribution in [1.82, 2.24) is 0 Å². The number of benzene rings is 2. The van der Waals surface area contributed by atoms with Crippen molar-refractivity contribution >= 4 is 0 Å². The summed E-state index contributed by atoms with van der Waals surface area (Å²) in [5, 5.41) is 0. The molecule has 2 aromatic rings. The molecule has 0 radical (unpaired) electrons. The van der Waals surface area contributed by atoms with Crippen LogP contribution in [0.15, 0.2) is 36.4 Å². The molecule has 0 saturated heterocycles. The molecule has 2 heteroatoms. The molecule has 0 fully saturated rings. The highest BCUT2D eigenvalue weighted by Crippen LogP contribution is 2.36. The molecule has 0 spiro atoms. The third-order valence-corrected chi connectivity index (χ3v) is 4.14. The molecule has 21 heavy (non-hydrogen) atoms. The molecule has 0 saturated carbocycles. The van der Waals surface area contributed by atoms with Crippen LogP contribution in [-0.2, 0) is 12.0 Å². The second-order valence-electron chi connectivity index (χ2n) is 5.91. The molecule has 0 bridgehead atoms. The number of rotatable bonds is 4. The monoisotopic (exact) mass is 283 g/mol. The van der Waals surface area contributed by atoms with Crippen molar-refractivity contribution < 1.29 is 4.74 Å². The van der Waals surface area contributed by atoms with Crippen LogP contribution in [-0.4, -0.2) is 7.11 Å². The first kappa shape index (κ1) is 15.6. The third kappa shape index (κ3) is 2.96. The maximum Gasteiger partial charge on any atom is 0.124 e. The molecule has 0 aliphatic heterocycles. The maximum atomic E-state index is 6.70. The average Bonchev–Trinajstić information content (AvgIpc) is 2.46. The normalized spacial score (nSPS) is 13.8. The van der Waals surface area contributed by atoms with Crippen molar-refractivity contribution in [1.29, 1.82) is 0 Å². The van der Waals surface area contributed by atoms with Crippen molar-refractivity contribution in [3.8, 4) is 5.75 Å². The Bertz CT molecular complexity index is 627. The highest BCUT2D eigenvalue weighted by Gasteiger charge is 2.29. The Morgan fingerprint density at radius 1 is 1.10 bits per heavy atom. The lowest BCUT2D eigenvalue weighted by Crippen LogP contribution is -2.35. The van der Waals surface area contributed by atoms with Crippen LogP contribution >= 0.6 is 0 Å². The second-order valence-corrected chi connectivity index (χ2v) is 5.91. The Morgan fingerprint density at radius 2 is 1.71 bits per heavy atom. The first-order valence-corrected chi connectivity index (χ1v) is 7.44. The molecule has 2 nitrogen and oxygen atoms in total. The summed E-state index contributed by atoms with van der Waals surface area (Å²) in [7, 11) is 1.70. The summed E-state index contributed by atoms with van der Waals surface area (Å²) in [5.41, 5.74) is 12.0. The van der Waals surface area contributed by atoms with Gasteiger partial charge in [-0.3, -0.25) is 0 Å². The second kappa shape index (κ2) is 5.90. The standard InChI is InChI=1S/C19H25NO/c1-6-15-7-9-16(10-8-15)19(4,20)18-14(3)11-13(2)12-17(18)21-5/h7-12H,6,20H2,1-5H3. The van der Waals surface area contributed by atoms with E-state index in [1.54, 1.807) is 7.11 Å². The van der Waals surface area contributed by atoms with Gasteiger partial charge in [-0.25, -0.2) is 0 Å². The summed E-state index contributed by atoms with van der Waals surface area (Å²) in [6.45, 7) is 8.37. The lowest BCUT2D eigenvalue weighted by Gasteiger charge is -2.30. The van der Waals surface area contributed by atoms with Gasteiger partial charge < -0.3 is 10.5 Å². The van der Waals surface area contributed by atoms with E-state index in [0.717, 1.165) is 28.9 Å². The number of hydrogen-bond donors (Lipinski definition) is 1. The van der Waals surface area contributed by atoms with Gasteiger partial charge in [-0.05, 0) is 55.5 Å². The first-order valence-electron chi connectivity index (χ1n) is 7.44. The fourth-order valence-electron chi connectivity index (χ4n) is 2.99. The number of methoxy groups -OCH3 is 1. The topological polar surface area (TPSA) is 35.2 Å². The van der Waals surface area contributed by atoms with Crippen molar-refractivity contribution in [3.63, 3.8) is 0 Å². The van der Waals surface area contributed by atoms with Gasteiger partial charge in [-0.1, -0.05) is 37.3 Å². The zero-order valence-corrected chi connectivity index (χ0v) is 13.7. The van der Waals surface area contributed by atoms with Gasteiger partial charge in [-0.2, -0.15) is 0 Å². The van der Waals surface area contributed by atoms with Crippen LogP contribution < -0.4 is 10.5 Å². The zero-order chi connectivity index (χ0) is 15.6. The summed E-state index contributed by atoms with van der Waals surface area (Å²) < 4.78 is 5.58. The average molecular weight is 283 g/mol. The van der Waals surface area contributed by atoms with Crippen molar-refractivity contribution in [2.24, 2.45) is 5.73 Å². The Hall–Kier alpha value is -1.80. The van der Waals surface area contributed by atoms with Gasteiger partial charge in [-0.15, -0.1) is 0 Å². The summed E-state index contributed by atoms with van der Waals surface area (Å²) in [5.74, 6) is 0.858. The van der Waals surface area contributed by atoms with E-state index in [4.69, 9.17) is 10.5 Å². The summed E-state index contributed by atoms with van der Waals surface area (Å²) >= 11 is 0. The van der Waals surface area contributed by atoms with Crippen LogP contribution in [0.2, 0.25) is 0 Å². The van der Waals surface area contributed by atoms with E-state index in [-0.39, 0.29) is 0 Å². The van der Waals surface area contributed by atoms with E-state index in [2.05, 4.69) is 51.1 Å². The molecule has 1 unspecified atom stereocenters. The molecule has 112 valence electrons. The molecular formula is C19H25NO. The Labute approximate surface area is 127 Å². The van der Waals surface area contributed by atoms with Gasteiger partial charge in [0.15, 0.2) is 0 Å². The molecule has 0 amide bonds. The molecule has 0 aliphatic rings. The summed E-state index contributed by atoms with van der Waals surface area (Å²) in [4.78, 5) is 0. The fourth-order valence-corrected chi connectivity index (χ4v) is 2.99. The highest BCUT2D eigenvalue weighted by molar-refractivity contribution is 5.51. The van der Waals surface area contributed by atoms with Crippen LogP contribution in [0.5, 0.6) is 5.75 Å². The smallest absolute Gasteiger partial charge is 0.124 e. The molecule has 2 aromatic carbocycles. The first-order chi connectivity index (χ1) is 9.90. The van der Waals surface area contributed by atoms with Gasteiger partial charge in [0.2, 0.25) is 0 Å². The van der Waals surface area contributed by atoms with Crippen LogP contribution in [0.4, 0.5) is 0 Å². The van der Waals surface area contributed by atoms with Gasteiger partial charge in [0.1, 0.15) is 5.75 Å². The minimum absolute atomic E-state index is 0.574. The van der Waals surface area contributed by atoms with E-state index < -0.39 is 5.54 Å². The fraction of sp³-hybridized carbons (Fsp3) is 0.368. The van der Waals surface area contributed by atoms with Crippen molar-refractivity contribution in [2.45, 2.75) is 39.7 Å². The van der Waals surface area contributed by atoms with Gasteiger partial charge in [0.05, 0.1) is 12.6 Å². The third-order valence-electron chi connectivity index (χ3n) is 4.14. The molecule has 2 N–H and O–H groups in total. The minimum atomic E-state index is -0.574. The summed E-state index contributed by atoms with van der Waals surface area (Å²) in [6, 6.07) is 12.7. The van der Waals surface area contributed by atoms with Crippen molar-refractivity contribution in [2.75, 3.05) is 7.11 Å². The van der Waals surface area contributed by atoms with Gasteiger partial charge in [0, 0.05) is 5.56 Å². The predicted molar refractivity (Wildman–Crippen MR) is 88.9 cm³/mol. The van der Waals surface area contributed by atoms with Gasteiger partial charge >= 0.3 is 0 Å². The minimum Gasteiger partial charge on any atom is -0.496 e. The van der Waals surface area contributed by atoms with E-state index >= 15 is 0 Å². The van der Waals surface area contributed by atoms with Crippen LogP contribution in [0.1, 0.15) is 41.7 Å². The Morgan fingerprint density at radius 3 is 2.24 bits per heavy atom. The quantitative estimate of drug-likeness (QED) is 0.917. The lowest BCUT2D eigenvalue weighted by atomic mass is 9.81.